The van der Waals surface area contributed by atoms with Crippen LogP contribution in [0.25, 0.3) is 0 Å². The molecule has 0 radical (unpaired) electrons. The number of aliphatic hydroxyl groups is 1. The summed E-state index contributed by atoms with van der Waals surface area (Å²) in [5, 5.41) is 10.3. The lowest BCUT2D eigenvalue weighted by atomic mass is 9.62. The van der Waals surface area contributed by atoms with Gasteiger partial charge in [0.2, 0.25) is 11.8 Å². The molecule has 34 heavy (non-hydrogen) atoms. The molecule has 8 nitrogen and oxygen atoms in total. The van der Waals surface area contributed by atoms with Crippen LogP contribution in [-0.2, 0) is 23.9 Å². The Balaban J connectivity index is 2.19. The van der Waals surface area contributed by atoms with Gasteiger partial charge in [-0.15, -0.1) is 6.58 Å². The van der Waals surface area contributed by atoms with E-state index < -0.39 is 41.1 Å². The maximum atomic E-state index is 14.2. The highest BCUT2D eigenvalue weighted by Crippen LogP contribution is 2.65. The van der Waals surface area contributed by atoms with Gasteiger partial charge in [-0.3, -0.25) is 14.4 Å². The quantitative estimate of drug-likeness (QED) is 0.383. The maximum Gasteiger partial charge on any atom is 0.312 e. The van der Waals surface area contributed by atoms with E-state index in [2.05, 4.69) is 6.58 Å². The first kappa shape index (κ1) is 26.7. The minimum Gasteiger partial charge on any atom is -0.466 e. The van der Waals surface area contributed by atoms with Crippen molar-refractivity contribution >= 4 is 17.8 Å². The van der Waals surface area contributed by atoms with E-state index in [1.54, 1.807) is 22.8 Å². The number of hydrogen-bond donors (Lipinski definition) is 1. The molecule has 0 saturated carbocycles. The van der Waals surface area contributed by atoms with Crippen LogP contribution in [0.4, 0.5) is 0 Å². The van der Waals surface area contributed by atoms with Gasteiger partial charge in [-0.05, 0) is 52.4 Å². The maximum absolute atomic E-state index is 14.2. The fraction of sp³-hybridized carbons (Fsp3) is 0.808. The molecule has 2 amide bonds. The molecule has 0 aromatic rings. The Hall–Kier alpha value is -1.93. The number of likely N-dealkylation sites (tertiary alicyclic amines) is 1. The molecule has 1 spiro atoms. The van der Waals surface area contributed by atoms with Crippen molar-refractivity contribution in [2.45, 2.75) is 90.6 Å². The third kappa shape index (κ3) is 3.87. The molecule has 3 unspecified atom stereocenters. The van der Waals surface area contributed by atoms with Gasteiger partial charge in [-0.1, -0.05) is 26.8 Å². The second-order valence-electron chi connectivity index (χ2n) is 11.0. The van der Waals surface area contributed by atoms with Crippen molar-refractivity contribution in [3.8, 4) is 0 Å². The van der Waals surface area contributed by atoms with Gasteiger partial charge < -0.3 is 24.4 Å². The molecule has 3 rings (SSSR count). The molecule has 7 atom stereocenters. The van der Waals surface area contributed by atoms with E-state index in [0.717, 1.165) is 0 Å². The van der Waals surface area contributed by atoms with E-state index in [-0.39, 0.29) is 42.9 Å². The van der Waals surface area contributed by atoms with Crippen molar-refractivity contribution in [2.24, 2.45) is 23.7 Å². The summed E-state index contributed by atoms with van der Waals surface area (Å²) in [4.78, 5) is 44.7. The standard InChI is InChI=1S/C26H42N2O6/c1-9-11-27(16(5)6)23(31)21-26-13-17(7)25(8,34-26)20(24(32)33-10-2)19(26)22(30)28(21)18(14-29)12-15(3)4/h9,15-21,29H,1,10-14H2,2-8H3/t17?,18-,19+,20-,21?,25+,26?/m1/s1. The van der Waals surface area contributed by atoms with Crippen LogP contribution in [-0.4, -0.2) is 81.8 Å². The lowest BCUT2D eigenvalue weighted by Crippen LogP contribution is -2.60. The van der Waals surface area contributed by atoms with E-state index in [9.17, 15) is 19.5 Å². The van der Waals surface area contributed by atoms with Crippen LogP contribution in [0, 0.1) is 23.7 Å². The van der Waals surface area contributed by atoms with Gasteiger partial charge in [0.15, 0.2) is 0 Å². The predicted molar refractivity (Wildman–Crippen MR) is 128 cm³/mol. The first-order valence-electron chi connectivity index (χ1n) is 12.6. The van der Waals surface area contributed by atoms with Crippen LogP contribution >= 0.6 is 0 Å². The monoisotopic (exact) mass is 478 g/mol. The van der Waals surface area contributed by atoms with Crippen molar-refractivity contribution in [1.82, 2.24) is 9.80 Å². The number of ether oxygens (including phenoxy) is 2. The summed E-state index contributed by atoms with van der Waals surface area (Å²) in [5.41, 5.74) is -2.04. The normalized spacial score (nSPS) is 35.1. The zero-order valence-corrected chi connectivity index (χ0v) is 21.7. The van der Waals surface area contributed by atoms with Crippen LogP contribution in [0.1, 0.15) is 61.3 Å². The topological polar surface area (TPSA) is 96.4 Å². The fourth-order valence-corrected chi connectivity index (χ4v) is 6.61. The lowest BCUT2D eigenvalue weighted by molar-refractivity contribution is -0.164. The summed E-state index contributed by atoms with van der Waals surface area (Å²) >= 11 is 0. The molecule has 0 aromatic carbocycles. The third-order valence-corrected chi connectivity index (χ3v) is 8.11. The molecule has 3 saturated heterocycles. The van der Waals surface area contributed by atoms with Gasteiger partial charge >= 0.3 is 5.97 Å². The van der Waals surface area contributed by atoms with E-state index >= 15 is 0 Å². The van der Waals surface area contributed by atoms with Gasteiger partial charge in [0.05, 0.1) is 30.8 Å². The highest BCUT2D eigenvalue weighted by atomic mass is 16.6. The number of aliphatic hydroxyl groups excluding tert-OH is 1. The van der Waals surface area contributed by atoms with Crippen LogP contribution in [0.2, 0.25) is 0 Å². The molecule has 2 bridgehead atoms. The number of fused-ring (bicyclic) bond motifs is 1. The summed E-state index contributed by atoms with van der Waals surface area (Å²) < 4.78 is 12.1. The number of rotatable bonds is 10. The van der Waals surface area contributed by atoms with Gasteiger partial charge in [-0.2, -0.15) is 0 Å². The molecular weight excluding hydrogens is 436 g/mol. The molecule has 1 N–H and O–H groups in total. The minimum absolute atomic E-state index is 0.0502. The predicted octanol–water partition coefficient (Wildman–Crippen LogP) is 2.39. The molecule has 3 heterocycles. The number of carbonyl (C=O) groups is 3. The highest BCUT2D eigenvalue weighted by Gasteiger charge is 2.80. The first-order chi connectivity index (χ1) is 15.9. The molecular formula is C26H42N2O6. The molecule has 192 valence electrons. The molecule has 0 aliphatic carbocycles. The zero-order chi connectivity index (χ0) is 25.6. The first-order valence-corrected chi connectivity index (χ1v) is 12.6. The third-order valence-electron chi connectivity index (χ3n) is 8.11. The van der Waals surface area contributed by atoms with Crippen molar-refractivity contribution < 1.29 is 29.0 Å². The number of esters is 1. The van der Waals surface area contributed by atoms with Crippen LogP contribution in [0.5, 0.6) is 0 Å². The SMILES string of the molecule is C=CCN(C(=O)C1N([C@@H](CO)CC(C)C)C(=O)[C@@H]2[C@H](C(=O)OCC)[C@@]3(C)OC12CC3C)C(C)C. The minimum atomic E-state index is -1.14. The van der Waals surface area contributed by atoms with E-state index in [1.165, 1.54) is 0 Å². The Morgan fingerprint density at radius 1 is 1.35 bits per heavy atom. The number of hydrogen-bond acceptors (Lipinski definition) is 6. The summed E-state index contributed by atoms with van der Waals surface area (Å²) in [6, 6.07) is -1.59. The fourth-order valence-electron chi connectivity index (χ4n) is 6.61. The Morgan fingerprint density at radius 3 is 2.50 bits per heavy atom. The van der Waals surface area contributed by atoms with Crippen LogP contribution in [0.15, 0.2) is 12.7 Å². The smallest absolute Gasteiger partial charge is 0.312 e. The average molecular weight is 479 g/mol. The zero-order valence-electron chi connectivity index (χ0n) is 21.7. The number of nitrogens with zero attached hydrogens (tertiary/aromatic N) is 2. The summed E-state index contributed by atoms with van der Waals surface area (Å²) in [7, 11) is 0. The Morgan fingerprint density at radius 2 is 2.00 bits per heavy atom. The molecule has 8 heteroatoms. The van der Waals surface area contributed by atoms with Crippen LogP contribution < -0.4 is 0 Å². The van der Waals surface area contributed by atoms with Gasteiger partial charge in [0.1, 0.15) is 17.6 Å². The highest BCUT2D eigenvalue weighted by molar-refractivity contribution is 5.99. The summed E-state index contributed by atoms with van der Waals surface area (Å²) in [6.07, 6.45) is 2.70. The lowest BCUT2D eigenvalue weighted by Gasteiger charge is -2.41. The second-order valence-corrected chi connectivity index (χ2v) is 11.0. The number of amides is 2. The Labute approximate surface area is 203 Å². The van der Waals surface area contributed by atoms with Crippen molar-refractivity contribution in [3.63, 3.8) is 0 Å². The summed E-state index contributed by atoms with van der Waals surface area (Å²) in [5.74, 6) is -2.45. The Kier molecular flexibility index (Phi) is 7.54. The van der Waals surface area contributed by atoms with Gasteiger partial charge in [0.25, 0.3) is 0 Å². The van der Waals surface area contributed by atoms with Crippen molar-refractivity contribution in [2.75, 3.05) is 19.8 Å². The van der Waals surface area contributed by atoms with E-state index in [1.807, 2.05) is 41.5 Å². The molecule has 3 aliphatic rings. The average Bonchev–Trinajstić information content (AvgIpc) is 3.26. The van der Waals surface area contributed by atoms with Crippen molar-refractivity contribution in [1.29, 1.82) is 0 Å². The van der Waals surface area contributed by atoms with E-state index in [4.69, 9.17) is 9.47 Å². The van der Waals surface area contributed by atoms with Crippen molar-refractivity contribution in [3.05, 3.63) is 12.7 Å². The van der Waals surface area contributed by atoms with Gasteiger partial charge in [0, 0.05) is 12.6 Å². The molecule has 3 aliphatic heterocycles. The second kappa shape index (κ2) is 9.61. The van der Waals surface area contributed by atoms with Crippen LogP contribution in [0.3, 0.4) is 0 Å². The molecule has 0 aromatic heterocycles. The largest absolute Gasteiger partial charge is 0.466 e. The Bertz CT molecular complexity index is 828. The molecule has 3 fully saturated rings. The van der Waals surface area contributed by atoms with E-state index in [0.29, 0.717) is 19.4 Å². The number of carbonyl (C=O) groups excluding carboxylic acids is 3. The summed E-state index contributed by atoms with van der Waals surface area (Å²) in [6.45, 7) is 17.6. The van der Waals surface area contributed by atoms with Gasteiger partial charge in [-0.25, -0.2) is 0 Å².